The summed E-state index contributed by atoms with van der Waals surface area (Å²) in [7, 11) is 0. The minimum atomic E-state index is 0.605. The van der Waals surface area contributed by atoms with Crippen molar-refractivity contribution >= 4 is 5.69 Å². The number of rotatable bonds is 3. The molecular formula is C20H25N. The van der Waals surface area contributed by atoms with Crippen molar-refractivity contribution < 1.29 is 0 Å². The van der Waals surface area contributed by atoms with Crippen molar-refractivity contribution in [2.75, 3.05) is 5.32 Å². The lowest BCUT2D eigenvalue weighted by atomic mass is 9.80. The second-order valence-corrected chi connectivity index (χ2v) is 6.67. The zero-order valence-electron chi connectivity index (χ0n) is 13.0. The van der Waals surface area contributed by atoms with Gasteiger partial charge in [0.1, 0.15) is 0 Å². The van der Waals surface area contributed by atoms with Crippen LogP contribution in [0.15, 0.2) is 54.6 Å². The van der Waals surface area contributed by atoms with Crippen molar-refractivity contribution in [2.45, 2.75) is 39.2 Å². The first-order valence-electron chi connectivity index (χ1n) is 8.13. The maximum atomic E-state index is 3.81. The largest absolute Gasteiger partial charge is 0.382 e. The normalized spacial score (nSPS) is 25.5. The Morgan fingerprint density at radius 3 is 2.10 bits per heavy atom. The first-order valence-corrected chi connectivity index (χ1v) is 8.13. The zero-order valence-corrected chi connectivity index (χ0v) is 13.0. The Morgan fingerprint density at radius 1 is 0.762 bits per heavy atom. The van der Waals surface area contributed by atoms with Gasteiger partial charge in [0.15, 0.2) is 0 Å². The summed E-state index contributed by atoms with van der Waals surface area (Å²) in [5.74, 6) is 1.66. The fourth-order valence-corrected chi connectivity index (χ4v) is 3.76. The third-order valence-electron chi connectivity index (χ3n) is 4.55. The van der Waals surface area contributed by atoms with Gasteiger partial charge in [0.05, 0.1) is 0 Å². The van der Waals surface area contributed by atoms with Crippen LogP contribution in [0.4, 0.5) is 5.69 Å². The molecule has 1 N–H and O–H groups in total. The minimum Gasteiger partial charge on any atom is -0.382 e. The van der Waals surface area contributed by atoms with Crippen molar-refractivity contribution in [3.05, 3.63) is 54.6 Å². The van der Waals surface area contributed by atoms with E-state index in [2.05, 4.69) is 73.8 Å². The van der Waals surface area contributed by atoms with Crippen LogP contribution in [0.3, 0.4) is 0 Å². The Labute approximate surface area is 128 Å². The van der Waals surface area contributed by atoms with Crippen LogP contribution in [0.1, 0.15) is 33.1 Å². The summed E-state index contributed by atoms with van der Waals surface area (Å²) < 4.78 is 0. The molecule has 21 heavy (non-hydrogen) atoms. The predicted molar refractivity (Wildman–Crippen MR) is 91.5 cm³/mol. The summed E-state index contributed by atoms with van der Waals surface area (Å²) >= 11 is 0. The third-order valence-corrected chi connectivity index (χ3v) is 4.55. The molecule has 0 heterocycles. The van der Waals surface area contributed by atoms with E-state index in [1.165, 1.54) is 36.1 Å². The van der Waals surface area contributed by atoms with Crippen molar-refractivity contribution in [3.63, 3.8) is 0 Å². The molecule has 0 saturated heterocycles. The molecule has 0 radical (unpaired) electrons. The molecule has 1 fully saturated rings. The topological polar surface area (TPSA) is 12.0 Å². The fourth-order valence-electron chi connectivity index (χ4n) is 3.76. The van der Waals surface area contributed by atoms with Crippen LogP contribution in [0.25, 0.3) is 11.1 Å². The van der Waals surface area contributed by atoms with Crippen LogP contribution in [-0.2, 0) is 0 Å². The van der Waals surface area contributed by atoms with Crippen LogP contribution in [0.5, 0.6) is 0 Å². The number of benzene rings is 2. The van der Waals surface area contributed by atoms with Crippen LogP contribution >= 0.6 is 0 Å². The van der Waals surface area contributed by atoms with E-state index in [1.54, 1.807) is 0 Å². The predicted octanol–water partition coefficient (Wildman–Crippen LogP) is 5.59. The maximum Gasteiger partial charge on any atom is 0.0422 e. The highest BCUT2D eigenvalue weighted by atomic mass is 14.9. The Balaban J connectivity index is 1.83. The van der Waals surface area contributed by atoms with E-state index in [9.17, 15) is 0 Å². The van der Waals surface area contributed by atoms with Gasteiger partial charge in [-0.25, -0.2) is 0 Å². The first-order chi connectivity index (χ1) is 10.2. The first kappa shape index (κ1) is 14.2. The van der Waals surface area contributed by atoms with Crippen molar-refractivity contribution in [1.82, 2.24) is 0 Å². The quantitative estimate of drug-likeness (QED) is 0.772. The number of hydrogen-bond donors (Lipinski definition) is 1. The van der Waals surface area contributed by atoms with E-state index in [1.807, 2.05) is 0 Å². The molecule has 0 aromatic heterocycles. The second-order valence-electron chi connectivity index (χ2n) is 6.67. The molecule has 0 aliphatic heterocycles. The molecule has 3 rings (SSSR count). The zero-order chi connectivity index (χ0) is 14.7. The summed E-state index contributed by atoms with van der Waals surface area (Å²) in [5, 5.41) is 3.81. The van der Waals surface area contributed by atoms with Gasteiger partial charge in [-0.1, -0.05) is 62.4 Å². The lowest BCUT2D eigenvalue weighted by Crippen LogP contribution is -2.30. The minimum absolute atomic E-state index is 0.605. The number of nitrogens with one attached hydrogen (secondary N) is 1. The lowest BCUT2D eigenvalue weighted by Gasteiger charge is -2.33. The summed E-state index contributed by atoms with van der Waals surface area (Å²) in [6, 6.07) is 20.0. The molecule has 2 atom stereocenters. The Hall–Kier alpha value is -1.76. The van der Waals surface area contributed by atoms with E-state index in [0.717, 1.165) is 11.8 Å². The summed E-state index contributed by atoms with van der Waals surface area (Å²) in [6.45, 7) is 4.76. The molecule has 0 spiro atoms. The third kappa shape index (κ3) is 3.47. The highest BCUT2D eigenvalue weighted by Crippen LogP contribution is 2.33. The van der Waals surface area contributed by atoms with Gasteiger partial charge < -0.3 is 5.32 Å². The van der Waals surface area contributed by atoms with Gasteiger partial charge in [-0.2, -0.15) is 0 Å². The van der Waals surface area contributed by atoms with E-state index in [-0.39, 0.29) is 0 Å². The number of para-hydroxylation sites is 1. The monoisotopic (exact) mass is 279 g/mol. The average Bonchev–Trinajstić information content (AvgIpc) is 2.48. The maximum absolute atomic E-state index is 3.81. The highest BCUT2D eigenvalue weighted by Gasteiger charge is 2.24. The molecular weight excluding hydrogens is 254 g/mol. The Kier molecular flexibility index (Phi) is 4.28. The Bertz CT molecular complexity index is 565. The number of anilines is 1. The SMILES string of the molecule is CC1CC(C)CC(Nc2ccccc2-c2ccccc2)C1. The van der Waals surface area contributed by atoms with Crippen molar-refractivity contribution in [1.29, 1.82) is 0 Å². The second kappa shape index (κ2) is 6.34. The molecule has 1 heteroatoms. The smallest absolute Gasteiger partial charge is 0.0422 e. The van der Waals surface area contributed by atoms with Gasteiger partial charge in [-0.3, -0.25) is 0 Å². The van der Waals surface area contributed by atoms with E-state index in [0.29, 0.717) is 6.04 Å². The van der Waals surface area contributed by atoms with Gasteiger partial charge >= 0.3 is 0 Å². The lowest BCUT2D eigenvalue weighted by molar-refractivity contribution is 0.281. The van der Waals surface area contributed by atoms with E-state index in [4.69, 9.17) is 0 Å². The van der Waals surface area contributed by atoms with Crippen LogP contribution in [-0.4, -0.2) is 6.04 Å². The molecule has 1 saturated carbocycles. The molecule has 2 aromatic carbocycles. The average molecular weight is 279 g/mol. The summed E-state index contributed by atoms with van der Waals surface area (Å²) in [6.07, 6.45) is 3.94. The van der Waals surface area contributed by atoms with Gasteiger partial charge in [0.2, 0.25) is 0 Å². The van der Waals surface area contributed by atoms with Crippen molar-refractivity contribution in [3.8, 4) is 11.1 Å². The summed E-state index contributed by atoms with van der Waals surface area (Å²) in [4.78, 5) is 0. The number of hydrogen-bond acceptors (Lipinski definition) is 1. The molecule has 110 valence electrons. The molecule has 0 bridgehead atoms. The standard InChI is InChI=1S/C20H25N/c1-15-12-16(2)14-18(13-15)21-20-11-7-6-10-19(20)17-8-4-3-5-9-17/h3-11,15-16,18,21H,12-14H2,1-2H3. The van der Waals surface area contributed by atoms with Crippen LogP contribution in [0, 0.1) is 11.8 Å². The van der Waals surface area contributed by atoms with E-state index < -0.39 is 0 Å². The summed E-state index contributed by atoms with van der Waals surface area (Å²) in [5.41, 5.74) is 3.87. The molecule has 1 nitrogen and oxygen atoms in total. The van der Waals surface area contributed by atoms with Gasteiger partial charge in [0, 0.05) is 17.3 Å². The molecule has 2 aromatic rings. The van der Waals surface area contributed by atoms with Gasteiger partial charge in [-0.05, 0) is 42.7 Å². The molecule has 1 aliphatic rings. The fraction of sp³-hybridized carbons (Fsp3) is 0.400. The highest BCUT2D eigenvalue weighted by molar-refractivity contribution is 5.77. The molecule has 0 amide bonds. The molecule has 1 aliphatic carbocycles. The van der Waals surface area contributed by atoms with E-state index >= 15 is 0 Å². The van der Waals surface area contributed by atoms with Gasteiger partial charge in [-0.15, -0.1) is 0 Å². The molecule has 2 unspecified atom stereocenters. The van der Waals surface area contributed by atoms with Crippen molar-refractivity contribution in [2.24, 2.45) is 11.8 Å². The van der Waals surface area contributed by atoms with Gasteiger partial charge in [0.25, 0.3) is 0 Å². The Morgan fingerprint density at radius 2 is 1.38 bits per heavy atom. The van der Waals surface area contributed by atoms with Crippen LogP contribution in [0.2, 0.25) is 0 Å². The van der Waals surface area contributed by atoms with Crippen LogP contribution < -0.4 is 5.32 Å².